The maximum Gasteiger partial charge on any atom is 0.405 e. The molecule has 0 saturated carbocycles. The standard InChI is InChI=1S/C21H23N3O5S/c1-2-20(25)22-17-13-24(14-17)30(28,29)18-10-8-16(9-11-18)19(23-21(26)27)12-15-6-4-3-5-7-15/h2-11,17,19,23H,1,12-14H2,(H,22,25)(H,26,27). The predicted octanol–water partition coefficient (Wildman–Crippen LogP) is 1.91. The van der Waals surface area contributed by atoms with E-state index in [1.54, 1.807) is 12.1 Å². The SMILES string of the molecule is C=CC(=O)NC1CN(S(=O)(=O)c2ccc(C(Cc3ccccc3)NC(=O)O)cc2)C1. The summed E-state index contributed by atoms with van der Waals surface area (Å²) in [6, 6.07) is 14.9. The highest BCUT2D eigenvalue weighted by Gasteiger charge is 2.37. The highest BCUT2D eigenvalue weighted by atomic mass is 32.2. The first-order valence-electron chi connectivity index (χ1n) is 9.36. The number of benzene rings is 2. The molecule has 8 nitrogen and oxygen atoms in total. The zero-order chi connectivity index (χ0) is 21.7. The van der Waals surface area contributed by atoms with Crippen molar-refractivity contribution in [1.29, 1.82) is 0 Å². The second-order valence-corrected chi connectivity index (χ2v) is 8.93. The van der Waals surface area contributed by atoms with Crippen LogP contribution in [0.15, 0.2) is 72.1 Å². The molecule has 3 rings (SSSR count). The van der Waals surface area contributed by atoms with Gasteiger partial charge in [-0.15, -0.1) is 0 Å². The van der Waals surface area contributed by atoms with Crippen LogP contribution >= 0.6 is 0 Å². The van der Waals surface area contributed by atoms with Crippen molar-refractivity contribution < 1.29 is 23.1 Å². The number of amides is 2. The number of carbonyl (C=O) groups is 2. The third-order valence-corrected chi connectivity index (χ3v) is 6.73. The minimum absolute atomic E-state index is 0.119. The van der Waals surface area contributed by atoms with Gasteiger partial charge in [0.1, 0.15) is 0 Å². The van der Waals surface area contributed by atoms with Crippen LogP contribution in [0.1, 0.15) is 17.2 Å². The van der Waals surface area contributed by atoms with Crippen molar-refractivity contribution >= 4 is 22.0 Å². The Labute approximate surface area is 175 Å². The fourth-order valence-electron chi connectivity index (χ4n) is 3.26. The molecule has 0 spiro atoms. The lowest BCUT2D eigenvalue weighted by Gasteiger charge is -2.38. The minimum Gasteiger partial charge on any atom is -0.465 e. The van der Waals surface area contributed by atoms with Crippen LogP contribution in [0, 0.1) is 0 Å². The van der Waals surface area contributed by atoms with Crippen molar-refractivity contribution in [2.24, 2.45) is 0 Å². The molecule has 1 fully saturated rings. The van der Waals surface area contributed by atoms with Crippen LogP contribution in [0.3, 0.4) is 0 Å². The van der Waals surface area contributed by atoms with Crippen molar-refractivity contribution in [3.63, 3.8) is 0 Å². The van der Waals surface area contributed by atoms with Gasteiger partial charge in [0.25, 0.3) is 0 Å². The largest absolute Gasteiger partial charge is 0.465 e. The summed E-state index contributed by atoms with van der Waals surface area (Å²) in [6.07, 6.45) is 0.434. The summed E-state index contributed by atoms with van der Waals surface area (Å²) in [5, 5.41) is 14.3. The molecule has 1 aliphatic rings. The number of carboxylic acid groups (broad SMARTS) is 1. The van der Waals surface area contributed by atoms with Gasteiger partial charge in [-0.25, -0.2) is 13.2 Å². The highest BCUT2D eigenvalue weighted by molar-refractivity contribution is 7.89. The summed E-state index contributed by atoms with van der Waals surface area (Å²) in [5.41, 5.74) is 1.63. The van der Waals surface area contributed by atoms with E-state index in [-0.39, 0.29) is 29.9 Å². The van der Waals surface area contributed by atoms with Crippen molar-refractivity contribution in [3.8, 4) is 0 Å². The molecule has 1 heterocycles. The Morgan fingerprint density at radius 3 is 2.33 bits per heavy atom. The summed E-state index contributed by atoms with van der Waals surface area (Å²) >= 11 is 0. The Morgan fingerprint density at radius 1 is 1.13 bits per heavy atom. The van der Waals surface area contributed by atoms with Gasteiger partial charge < -0.3 is 15.7 Å². The molecule has 2 aromatic carbocycles. The molecule has 0 aromatic heterocycles. The number of sulfonamides is 1. The summed E-state index contributed by atoms with van der Waals surface area (Å²) in [5.74, 6) is -0.336. The first-order valence-corrected chi connectivity index (χ1v) is 10.8. The zero-order valence-electron chi connectivity index (χ0n) is 16.2. The molecule has 2 aromatic rings. The highest BCUT2D eigenvalue weighted by Crippen LogP contribution is 2.25. The number of hydrogen-bond donors (Lipinski definition) is 3. The van der Waals surface area contributed by atoms with Gasteiger partial charge in [-0.3, -0.25) is 4.79 Å². The molecule has 0 aliphatic carbocycles. The molecule has 9 heteroatoms. The quantitative estimate of drug-likeness (QED) is 0.555. The summed E-state index contributed by atoms with van der Waals surface area (Å²) < 4.78 is 26.8. The van der Waals surface area contributed by atoms with Gasteiger partial charge in [0.15, 0.2) is 0 Å². The lowest BCUT2D eigenvalue weighted by Crippen LogP contribution is -2.60. The predicted molar refractivity (Wildman–Crippen MR) is 111 cm³/mol. The Morgan fingerprint density at radius 2 is 1.77 bits per heavy atom. The lowest BCUT2D eigenvalue weighted by molar-refractivity contribution is -0.117. The van der Waals surface area contributed by atoms with Gasteiger partial charge in [-0.05, 0) is 35.8 Å². The fraction of sp³-hybridized carbons (Fsp3) is 0.238. The summed E-state index contributed by atoms with van der Waals surface area (Å²) in [4.78, 5) is 22.6. The second kappa shape index (κ2) is 9.10. The molecule has 3 N–H and O–H groups in total. The summed E-state index contributed by atoms with van der Waals surface area (Å²) in [6.45, 7) is 3.76. The van der Waals surface area contributed by atoms with Crippen molar-refractivity contribution in [3.05, 3.63) is 78.4 Å². The first kappa shape index (κ1) is 21.5. The molecule has 1 unspecified atom stereocenters. The van der Waals surface area contributed by atoms with E-state index < -0.39 is 22.2 Å². The van der Waals surface area contributed by atoms with Crippen LogP contribution in [0.2, 0.25) is 0 Å². The third kappa shape index (κ3) is 5.05. The van der Waals surface area contributed by atoms with Crippen LogP contribution in [0.4, 0.5) is 4.79 Å². The van der Waals surface area contributed by atoms with E-state index in [0.717, 1.165) is 11.6 Å². The maximum absolute atomic E-state index is 12.7. The number of carbonyl (C=O) groups excluding carboxylic acids is 1. The molecule has 1 saturated heterocycles. The number of hydrogen-bond acceptors (Lipinski definition) is 4. The molecule has 30 heavy (non-hydrogen) atoms. The molecule has 158 valence electrons. The van der Waals surface area contributed by atoms with Gasteiger partial charge >= 0.3 is 6.09 Å². The molecule has 2 amide bonds. The number of nitrogens with zero attached hydrogens (tertiary/aromatic N) is 1. The monoisotopic (exact) mass is 429 g/mol. The normalized spacial score (nSPS) is 15.6. The number of rotatable bonds is 8. The van der Waals surface area contributed by atoms with Crippen LogP contribution in [-0.2, 0) is 21.2 Å². The van der Waals surface area contributed by atoms with Crippen molar-refractivity contribution in [1.82, 2.24) is 14.9 Å². The maximum atomic E-state index is 12.7. The van der Waals surface area contributed by atoms with Crippen LogP contribution in [0.5, 0.6) is 0 Å². The van der Waals surface area contributed by atoms with E-state index in [2.05, 4.69) is 17.2 Å². The van der Waals surface area contributed by atoms with E-state index in [1.807, 2.05) is 30.3 Å². The second-order valence-electron chi connectivity index (χ2n) is 6.99. The Hall–Kier alpha value is -3.17. The minimum atomic E-state index is -3.68. The average molecular weight is 429 g/mol. The van der Waals surface area contributed by atoms with Crippen LogP contribution in [0.25, 0.3) is 0 Å². The van der Waals surface area contributed by atoms with Gasteiger partial charge in [-0.1, -0.05) is 49.0 Å². The Balaban J connectivity index is 1.71. The van der Waals surface area contributed by atoms with Crippen LogP contribution < -0.4 is 10.6 Å². The molecule has 0 bridgehead atoms. The van der Waals surface area contributed by atoms with Gasteiger partial charge in [0.05, 0.1) is 17.0 Å². The molecular formula is C21H23N3O5S. The van der Waals surface area contributed by atoms with E-state index in [0.29, 0.717) is 12.0 Å². The fourth-order valence-corrected chi connectivity index (χ4v) is 4.79. The van der Waals surface area contributed by atoms with Crippen LogP contribution in [-0.4, -0.2) is 49.0 Å². The van der Waals surface area contributed by atoms with Crippen molar-refractivity contribution in [2.45, 2.75) is 23.4 Å². The summed E-state index contributed by atoms with van der Waals surface area (Å²) in [7, 11) is -3.68. The lowest BCUT2D eigenvalue weighted by atomic mass is 9.99. The van der Waals surface area contributed by atoms with E-state index in [1.165, 1.54) is 16.4 Å². The van der Waals surface area contributed by atoms with Gasteiger partial charge in [0.2, 0.25) is 15.9 Å². The third-order valence-electron chi connectivity index (χ3n) is 4.88. The molecule has 0 radical (unpaired) electrons. The van der Waals surface area contributed by atoms with Crippen molar-refractivity contribution in [2.75, 3.05) is 13.1 Å². The molecular weight excluding hydrogens is 406 g/mol. The van der Waals surface area contributed by atoms with E-state index in [4.69, 9.17) is 0 Å². The van der Waals surface area contributed by atoms with Gasteiger partial charge in [-0.2, -0.15) is 4.31 Å². The molecule has 1 aliphatic heterocycles. The molecule has 1 atom stereocenters. The Bertz CT molecular complexity index is 1020. The van der Waals surface area contributed by atoms with E-state index in [9.17, 15) is 23.1 Å². The average Bonchev–Trinajstić information content (AvgIpc) is 2.70. The van der Waals surface area contributed by atoms with E-state index >= 15 is 0 Å². The van der Waals surface area contributed by atoms with Gasteiger partial charge in [0, 0.05) is 13.1 Å². The number of nitrogens with one attached hydrogen (secondary N) is 2. The Kier molecular flexibility index (Phi) is 6.53. The zero-order valence-corrected chi connectivity index (χ0v) is 17.0. The smallest absolute Gasteiger partial charge is 0.405 e. The topological polar surface area (TPSA) is 116 Å². The first-order chi connectivity index (χ1) is 14.3.